The van der Waals surface area contributed by atoms with E-state index in [1.165, 1.54) is 12.1 Å². The van der Waals surface area contributed by atoms with Crippen molar-refractivity contribution >= 4 is 32.4 Å². The highest BCUT2D eigenvalue weighted by molar-refractivity contribution is 7.93. The molecule has 0 aliphatic carbocycles. The Kier molecular flexibility index (Phi) is 3.42. The standard InChI is InChI=1S/C11H10N4O2S2/c1-7-2-4-8(5-3-7)19(16,17)15-11-9(6-12)10(13)14-18-11/h2-5,15H,1H3,(H2,13,14). The van der Waals surface area contributed by atoms with Gasteiger partial charge in [-0.3, -0.25) is 4.72 Å². The molecule has 0 saturated carbocycles. The molecule has 0 aliphatic heterocycles. The molecule has 98 valence electrons. The normalized spacial score (nSPS) is 10.9. The Bertz CT molecular complexity index is 742. The minimum atomic E-state index is -3.74. The van der Waals surface area contributed by atoms with Crippen LogP contribution in [0.2, 0.25) is 0 Å². The van der Waals surface area contributed by atoms with Crippen molar-refractivity contribution in [2.24, 2.45) is 0 Å². The van der Waals surface area contributed by atoms with Gasteiger partial charge in [0.05, 0.1) is 4.90 Å². The lowest BCUT2D eigenvalue weighted by Gasteiger charge is -2.06. The van der Waals surface area contributed by atoms with Gasteiger partial charge in [0, 0.05) is 0 Å². The third-order valence-corrected chi connectivity index (χ3v) is 4.66. The summed E-state index contributed by atoms with van der Waals surface area (Å²) in [5.41, 5.74) is 6.47. The molecule has 0 bridgehead atoms. The van der Waals surface area contributed by atoms with Gasteiger partial charge in [-0.1, -0.05) is 17.7 Å². The SMILES string of the molecule is Cc1ccc(S(=O)(=O)Nc2snc(N)c2C#N)cc1. The maximum Gasteiger partial charge on any atom is 0.262 e. The Balaban J connectivity index is 2.37. The summed E-state index contributed by atoms with van der Waals surface area (Å²) in [4.78, 5) is 0.119. The van der Waals surface area contributed by atoms with Crippen molar-refractivity contribution in [1.82, 2.24) is 4.37 Å². The fourth-order valence-corrected chi connectivity index (χ4v) is 3.34. The van der Waals surface area contributed by atoms with Gasteiger partial charge in [0.1, 0.15) is 16.6 Å². The fourth-order valence-electron chi connectivity index (χ4n) is 1.38. The molecule has 6 nitrogen and oxygen atoms in total. The molecule has 0 unspecified atom stereocenters. The number of nitrogens with one attached hydrogen (secondary N) is 1. The molecule has 0 spiro atoms. The van der Waals surface area contributed by atoms with E-state index in [9.17, 15) is 8.42 Å². The molecule has 1 aromatic heterocycles. The lowest BCUT2D eigenvalue weighted by atomic mass is 10.2. The number of sulfonamides is 1. The quantitative estimate of drug-likeness (QED) is 0.895. The van der Waals surface area contributed by atoms with Crippen LogP contribution >= 0.6 is 11.5 Å². The first kappa shape index (κ1) is 13.3. The Morgan fingerprint density at radius 1 is 1.37 bits per heavy atom. The molecule has 0 amide bonds. The van der Waals surface area contributed by atoms with Crippen molar-refractivity contribution in [3.05, 3.63) is 35.4 Å². The first-order chi connectivity index (χ1) is 8.94. The van der Waals surface area contributed by atoms with Crippen LogP contribution < -0.4 is 10.5 Å². The lowest BCUT2D eigenvalue weighted by Crippen LogP contribution is -2.12. The van der Waals surface area contributed by atoms with E-state index < -0.39 is 10.0 Å². The van der Waals surface area contributed by atoms with Crippen molar-refractivity contribution in [3.63, 3.8) is 0 Å². The summed E-state index contributed by atoms with van der Waals surface area (Å²) >= 11 is 0.838. The van der Waals surface area contributed by atoms with Crippen LogP contribution in [0.1, 0.15) is 11.1 Å². The van der Waals surface area contributed by atoms with E-state index in [1.807, 2.05) is 13.0 Å². The molecule has 19 heavy (non-hydrogen) atoms. The second-order valence-corrected chi connectivity index (χ2v) is 6.26. The molecular formula is C11H10N4O2S2. The number of nitrogen functional groups attached to an aromatic ring is 1. The van der Waals surface area contributed by atoms with Crippen molar-refractivity contribution < 1.29 is 8.42 Å². The predicted molar refractivity (Wildman–Crippen MR) is 73.2 cm³/mol. The van der Waals surface area contributed by atoms with E-state index in [0.29, 0.717) is 0 Å². The molecule has 8 heteroatoms. The zero-order valence-electron chi connectivity index (χ0n) is 9.91. The first-order valence-corrected chi connectivity index (χ1v) is 7.44. The second kappa shape index (κ2) is 4.87. The van der Waals surface area contributed by atoms with Crippen molar-refractivity contribution in [1.29, 1.82) is 5.26 Å². The average Bonchev–Trinajstić information content (AvgIpc) is 2.69. The van der Waals surface area contributed by atoms with Crippen LogP contribution in [0.5, 0.6) is 0 Å². The highest BCUT2D eigenvalue weighted by Crippen LogP contribution is 2.28. The summed E-state index contributed by atoms with van der Waals surface area (Å²) in [6.07, 6.45) is 0. The van der Waals surface area contributed by atoms with E-state index in [-0.39, 0.29) is 21.3 Å². The summed E-state index contributed by atoms with van der Waals surface area (Å²) in [5, 5.41) is 9.02. The molecule has 1 heterocycles. The lowest BCUT2D eigenvalue weighted by molar-refractivity contribution is 0.601. The van der Waals surface area contributed by atoms with Gasteiger partial charge < -0.3 is 5.73 Å². The van der Waals surface area contributed by atoms with Gasteiger partial charge in [-0.2, -0.15) is 9.64 Å². The van der Waals surface area contributed by atoms with Gasteiger partial charge in [-0.15, -0.1) is 0 Å². The summed E-state index contributed by atoms with van der Waals surface area (Å²) in [5.74, 6) is 0.0223. The Morgan fingerprint density at radius 3 is 2.58 bits per heavy atom. The number of hydrogen-bond donors (Lipinski definition) is 2. The molecule has 0 saturated heterocycles. The van der Waals surface area contributed by atoms with E-state index in [4.69, 9.17) is 11.0 Å². The Labute approximate surface area is 114 Å². The molecule has 0 radical (unpaired) electrons. The summed E-state index contributed by atoms with van der Waals surface area (Å²) in [7, 11) is -3.74. The number of anilines is 2. The van der Waals surface area contributed by atoms with Crippen LogP contribution in [0.15, 0.2) is 29.2 Å². The van der Waals surface area contributed by atoms with Gasteiger partial charge in [0.15, 0.2) is 5.82 Å². The zero-order valence-corrected chi connectivity index (χ0v) is 11.5. The van der Waals surface area contributed by atoms with Crippen LogP contribution in [0, 0.1) is 18.3 Å². The molecule has 0 aliphatic rings. The Hall–Kier alpha value is -2.11. The molecule has 0 fully saturated rings. The van der Waals surface area contributed by atoms with Gasteiger partial charge in [-0.05, 0) is 30.6 Å². The number of rotatable bonds is 3. The number of nitrogens with zero attached hydrogens (tertiary/aromatic N) is 2. The minimum Gasteiger partial charge on any atom is -0.382 e. The number of nitriles is 1. The zero-order chi connectivity index (χ0) is 14.0. The van der Waals surface area contributed by atoms with Gasteiger partial charge >= 0.3 is 0 Å². The smallest absolute Gasteiger partial charge is 0.262 e. The maximum atomic E-state index is 12.1. The van der Waals surface area contributed by atoms with Crippen LogP contribution in [0.25, 0.3) is 0 Å². The van der Waals surface area contributed by atoms with Crippen LogP contribution in [0.3, 0.4) is 0 Å². The molecule has 3 N–H and O–H groups in total. The number of benzene rings is 1. The van der Waals surface area contributed by atoms with Gasteiger partial charge in [0.25, 0.3) is 10.0 Å². The van der Waals surface area contributed by atoms with E-state index in [1.54, 1.807) is 12.1 Å². The summed E-state index contributed by atoms with van der Waals surface area (Å²) in [6.45, 7) is 1.86. The largest absolute Gasteiger partial charge is 0.382 e. The minimum absolute atomic E-state index is 0.0223. The van der Waals surface area contributed by atoms with Crippen LogP contribution in [-0.4, -0.2) is 12.8 Å². The third-order valence-electron chi connectivity index (χ3n) is 2.39. The van der Waals surface area contributed by atoms with E-state index in [2.05, 4.69) is 9.10 Å². The van der Waals surface area contributed by atoms with E-state index in [0.717, 1.165) is 17.1 Å². The molecular weight excluding hydrogens is 284 g/mol. The predicted octanol–water partition coefficient (Wildman–Crippen LogP) is 1.71. The summed E-state index contributed by atoms with van der Waals surface area (Å²) < 4.78 is 30.3. The van der Waals surface area contributed by atoms with Gasteiger partial charge in [-0.25, -0.2) is 8.42 Å². The molecule has 0 atom stereocenters. The molecule has 2 aromatic rings. The molecule has 1 aromatic carbocycles. The topological polar surface area (TPSA) is 109 Å². The monoisotopic (exact) mass is 294 g/mol. The van der Waals surface area contributed by atoms with Crippen LogP contribution in [0.4, 0.5) is 10.8 Å². The highest BCUT2D eigenvalue weighted by Gasteiger charge is 2.19. The number of aryl methyl sites for hydroxylation is 1. The highest BCUT2D eigenvalue weighted by atomic mass is 32.2. The summed E-state index contributed by atoms with van der Waals surface area (Å²) in [6, 6.07) is 8.20. The van der Waals surface area contributed by atoms with Gasteiger partial charge in [0.2, 0.25) is 0 Å². The fraction of sp³-hybridized carbons (Fsp3) is 0.0909. The maximum absolute atomic E-state index is 12.1. The van der Waals surface area contributed by atoms with Crippen molar-refractivity contribution in [3.8, 4) is 6.07 Å². The number of aromatic nitrogens is 1. The van der Waals surface area contributed by atoms with Crippen LogP contribution in [-0.2, 0) is 10.0 Å². The number of nitrogens with two attached hydrogens (primary N) is 1. The second-order valence-electron chi connectivity index (χ2n) is 3.80. The first-order valence-electron chi connectivity index (χ1n) is 5.19. The third kappa shape index (κ3) is 2.67. The van der Waals surface area contributed by atoms with E-state index >= 15 is 0 Å². The Morgan fingerprint density at radius 2 is 2.00 bits per heavy atom. The molecule has 2 rings (SSSR count). The van der Waals surface area contributed by atoms with Crippen molar-refractivity contribution in [2.75, 3.05) is 10.5 Å². The number of hydrogen-bond acceptors (Lipinski definition) is 6. The average molecular weight is 294 g/mol. The van der Waals surface area contributed by atoms with Crippen molar-refractivity contribution in [2.45, 2.75) is 11.8 Å².